The molecule has 1 amide bonds. The van der Waals surface area contributed by atoms with Crippen LogP contribution in [0.4, 0.5) is 0 Å². The number of aromatic nitrogens is 2. The molecule has 2 aromatic carbocycles. The second-order valence-electron chi connectivity index (χ2n) is 10.5. The minimum absolute atomic E-state index is 0.00544. The van der Waals surface area contributed by atoms with E-state index in [0.29, 0.717) is 6.54 Å². The van der Waals surface area contributed by atoms with E-state index in [4.69, 9.17) is 4.74 Å². The van der Waals surface area contributed by atoms with Gasteiger partial charge in [-0.3, -0.25) is 9.69 Å². The van der Waals surface area contributed by atoms with Crippen molar-refractivity contribution in [3.8, 4) is 0 Å². The Morgan fingerprint density at radius 1 is 1.03 bits per heavy atom. The number of hydrogen-bond acceptors (Lipinski definition) is 6. The second kappa shape index (κ2) is 9.02. The van der Waals surface area contributed by atoms with Crippen molar-refractivity contribution in [2.75, 3.05) is 32.8 Å². The number of nitrogens with zero attached hydrogens (tertiary/aromatic N) is 3. The van der Waals surface area contributed by atoms with Gasteiger partial charge in [0.1, 0.15) is 11.0 Å². The number of ether oxygens (including phenoxy) is 1. The monoisotopic (exact) mass is 476 g/mol. The van der Waals surface area contributed by atoms with Crippen molar-refractivity contribution in [2.45, 2.75) is 44.1 Å². The predicted octanol–water partition coefficient (Wildman–Crippen LogP) is 4.16. The predicted molar refractivity (Wildman–Crippen MR) is 134 cm³/mol. The Labute approximate surface area is 205 Å². The number of hydrogen-bond donors (Lipinski definition) is 1. The van der Waals surface area contributed by atoms with Gasteiger partial charge in [-0.05, 0) is 73.9 Å². The molecule has 6 rings (SSSR count). The van der Waals surface area contributed by atoms with E-state index in [2.05, 4.69) is 67.5 Å². The van der Waals surface area contributed by atoms with Crippen molar-refractivity contribution >= 4 is 28.7 Å². The maximum atomic E-state index is 13.2. The first-order valence-corrected chi connectivity index (χ1v) is 13.2. The summed E-state index contributed by atoms with van der Waals surface area (Å²) >= 11 is 1.27. The quantitative estimate of drug-likeness (QED) is 0.579. The Morgan fingerprint density at radius 2 is 1.79 bits per heavy atom. The number of rotatable bonds is 6. The molecule has 1 saturated carbocycles. The van der Waals surface area contributed by atoms with Gasteiger partial charge in [-0.15, -0.1) is 0 Å². The number of carbonyl (C=O) groups excluding carboxylic acids is 1. The topological polar surface area (TPSA) is 67.3 Å². The lowest BCUT2D eigenvalue weighted by Crippen LogP contribution is -2.45. The molecular weight excluding hydrogens is 444 g/mol. The smallest absolute Gasteiger partial charge is 0.223 e. The van der Waals surface area contributed by atoms with Crippen LogP contribution in [0.2, 0.25) is 0 Å². The first-order chi connectivity index (χ1) is 16.7. The first-order valence-electron chi connectivity index (χ1n) is 12.5. The van der Waals surface area contributed by atoms with E-state index in [-0.39, 0.29) is 22.7 Å². The van der Waals surface area contributed by atoms with E-state index < -0.39 is 0 Å². The summed E-state index contributed by atoms with van der Waals surface area (Å²) < 4.78 is 14.3. The summed E-state index contributed by atoms with van der Waals surface area (Å²) in [6, 6.07) is 17.1. The molecule has 3 fully saturated rings. The Kier molecular flexibility index (Phi) is 5.87. The molecule has 3 aromatic rings. The fourth-order valence-corrected chi connectivity index (χ4v) is 6.63. The number of benzene rings is 2. The van der Waals surface area contributed by atoms with Crippen LogP contribution in [-0.4, -0.2) is 52.4 Å². The lowest BCUT2D eigenvalue weighted by atomic mass is 9.74. The van der Waals surface area contributed by atoms with Crippen LogP contribution in [0.15, 0.2) is 48.5 Å². The van der Waals surface area contributed by atoms with Crippen LogP contribution < -0.4 is 5.32 Å². The molecule has 1 aromatic heterocycles. The minimum atomic E-state index is -0.00544. The molecule has 0 bridgehead atoms. The highest BCUT2D eigenvalue weighted by molar-refractivity contribution is 7.00. The van der Waals surface area contributed by atoms with Gasteiger partial charge in [0.2, 0.25) is 5.91 Å². The van der Waals surface area contributed by atoms with Crippen LogP contribution in [-0.2, 0) is 21.5 Å². The van der Waals surface area contributed by atoms with Gasteiger partial charge in [0, 0.05) is 37.6 Å². The molecule has 3 heterocycles. The third kappa shape index (κ3) is 4.25. The summed E-state index contributed by atoms with van der Waals surface area (Å²) in [5.74, 6) is 0.441. The summed E-state index contributed by atoms with van der Waals surface area (Å²) in [4.78, 5) is 15.7. The Balaban J connectivity index is 1.03. The van der Waals surface area contributed by atoms with Crippen molar-refractivity contribution in [3.63, 3.8) is 0 Å². The summed E-state index contributed by atoms with van der Waals surface area (Å²) in [5.41, 5.74) is 4.81. The summed E-state index contributed by atoms with van der Waals surface area (Å²) in [7, 11) is 0. The molecule has 1 atom stereocenters. The number of fused-ring (bicyclic) bond motifs is 1. The largest absolute Gasteiger partial charge is 0.381 e. The molecule has 1 N–H and O–H groups in total. The van der Waals surface area contributed by atoms with E-state index >= 15 is 0 Å². The fourth-order valence-electron chi connectivity index (χ4n) is 6.11. The summed E-state index contributed by atoms with van der Waals surface area (Å²) in [6.07, 6.45) is 5.20. The Morgan fingerprint density at radius 3 is 2.59 bits per heavy atom. The van der Waals surface area contributed by atoms with E-state index in [1.54, 1.807) is 0 Å². The molecular formula is C27H32N4O2S. The van der Waals surface area contributed by atoms with Gasteiger partial charge in [0.25, 0.3) is 0 Å². The average molecular weight is 477 g/mol. The highest BCUT2D eigenvalue weighted by Gasteiger charge is 2.58. The lowest BCUT2D eigenvalue weighted by molar-refractivity contribution is -0.124. The van der Waals surface area contributed by atoms with Crippen LogP contribution in [0.1, 0.15) is 43.2 Å². The molecule has 3 aliphatic rings. The number of piperidine rings is 1. The van der Waals surface area contributed by atoms with Crippen LogP contribution in [0.3, 0.4) is 0 Å². The maximum Gasteiger partial charge on any atom is 0.223 e. The van der Waals surface area contributed by atoms with Gasteiger partial charge in [-0.2, -0.15) is 8.75 Å². The van der Waals surface area contributed by atoms with Crippen molar-refractivity contribution in [1.29, 1.82) is 0 Å². The molecule has 2 aliphatic heterocycles. The number of likely N-dealkylation sites (tertiary alicyclic amines) is 1. The molecule has 0 radical (unpaired) electrons. The standard InChI is InChI=1S/C27H32N4O2S/c32-25(28-19-27(10-14-33-15-11-27)21-4-2-1-3-5-21)22-17-26(22)8-12-31(13-9-26)18-20-6-7-23-24(16-20)30-34-29-23/h1-7,16,22H,8-15,17-19H2,(H,28,32). The zero-order valence-corrected chi connectivity index (χ0v) is 20.4. The van der Waals surface area contributed by atoms with E-state index in [1.807, 2.05) is 0 Å². The minimum Gasteiger partial charge on any atom is -0.381 e. The van der Waals surface area contributed by atoms with Crippen molar-refractivity contribution < 1.29 is 9.53 Å². The zero-order valence-electron chi connectivity index (χ0n) is 19.5. The number of amides is 1. The Bertz CT molecular complexity index is 1150. The van der Waals surface area contributed by atoms with Crippen LogP contribution >= 0.6 is 11.7 Å². The van der Waals surface area contributed by atoms with Gasteiger partial charge in [0.05, 0.1) is 11.7 Å². The van der Waals surface area contributed by atoms with Crippen LogP contribution in [0.25, 0.3) is 11.0 Å². The molecule has 1 spiro atoms. The maximum absolute atomic E-state index is 13.2. The molecule has 1 unspecified atom stereocenters. The van der Waals surface area contributed by atoms with Gasteiger partial charge in [-0.1, -0.05) is 36.4 Å². The van der Waals surface area contributed by atoms with Crippen molar-refractivity contribution in [2.24, 2.45) is 11.3 Å². The highest BCUT2D eigenvalue weighted by atomic mass is 32.1. The molecule has 7 heteroatoms. The normalized spacial score (nSPS) is 23.7. The summed E-state index contributed by atoms with van der Waals surface area (Å²) in [6.45, 7) is 5.30. The van der Waals surface area contributed by atoms with E-state index in [9.17, 15) is 4.79 Å². The zero-order chi connectivity index (χ0) is 23.0. The summed E-state index contributed by atoms with van der Waals surface area (Å²) in [5, 5.41) is 3.37. The highest BCUT2D eigenvalue weighted by Crippen LogP contribution is 2.59. The third-order valence-electron chi connectivity index (χ3n) is 8.52. The Hall–Kier alpha value is -2.35. The second-order valence-corrected chi connectivity index (χ2v) is 11.0. The number of nitrogens with one attached hydrogen (secondary N) is 1. The van der Waals surface area contributed by atoms with Crippen LogP contribution in [0, 0.1) is 11.3 Å². The third-order valence-corrected chi connectivity index (χ3v) is 9.08. The van der Waals surface area contributed by atoms with Gasteiger partial charge < -0.3 is 10.1 Å². The van der Waals surface area contributed by atoms with Gasteiger partial charge in [-0.25, -0.2) is 0 Å². The van der Waals surface area contributed by atoms with Crippen molar-refractivity contribution in [3.05, 3.63) is 59.7 Å². The van der Waals surface area contributed by atoms with E-state index in [1.165, 1.54) is 22.9 Å². The number of carbonyl (C=O) groups is 1. The van der Waals surface area contributed by atoms with E-state index in [0.717, 1.165) is 76.0 Å². The first kappa shape index (κ1) is 22.1. The SMILES string of the molecule is O=C(NCC1(c2ccccc2)CCOCC1)C1CC12CCN(Cc1ccc3nsnc3c1)CC2. The molecule has 34 heavy (non-hydrogen) atoms. The fraction of sp³-hybridized carbons (Fsp3) is 0.519. The molecule has 178 valence electrons. The molecule has 2 saturated heterocycles. The van der Waals surface area contributed by atoms with Crippen LogP contribution in [0.5, 0.6) is 0 Å². The van der Waals surface area contributed by atoms with Gasteiger partial charge in [0.15, 0.2) is 0 Å². The lowest BCUT2D eigenvalue weighted by Gasteiger charge is -2.38. The molecule has 6 nitrogen and oxygen atoms in total. The van der Waals surface area contributed by atoms with Gasteiger partial charge >= 0.3 is 0 Å². The van der Waals surface area contributed by atoms with Crippen molar-refractivity contribution in [1.82, 2.24) is 19.0 Å². The average Bonchev–Trinajstić information content (AvgIpc) is 3.38. The molecule has 1 aliphatic carbocycles.